The minimum atomic E-state index is 0.718. The molecule has 152 valence electrons. The van der Waals surface area contributed by atoms with E-state index < -0.39 is 0 Å². The van der Waals surface area contributed by atoms with E-state index in [0.717, 1.165) is 24.4 Å². The third-order valence-corrected chi connectivity index (χ3v) is 7.47. The maximum absolute atomic E-state index is 2.66. The quantitative estimate of drug-likeness (QED) is 0.669. The van der Waals surface area contributed by atoms with Crippen molar-refractivity contribution in [2.45, 2.75) is 45.2 Å². The van der Waals surface area contributed by atoms with E-state index in [1.807, 2.05) is 0 Å². The zero-order valence-corrected chi connectivity index (χ0v) is 17.8. The molecule has 2 unspecified atom stereocenters. The Morgan fingerprint density at radius 3 is 2.52 bits per heavy atom. The molecule has 0 spiro atoms. The normalized spacial score (nSPS) is 27.3. The van der Waals surface area contributed by atoms with Gasteiger partial charge in [-0.2, -0.15) is 0 Å². The van der Waals surface area contributed by atoms with E-state index in [4.69, 9.17) is 0 Å². The average molecular weight is 387 g/mol. The molecule has 0 saturated carbocycles. The number of benzene rings is 2. The molecule has 2 aliphatic heterocycles. The number of nitrogens with zero attached hydrogens (tertiary/aromatic N) is 2. The molecule has 29 heavy (non-hydrogen) atoms. The first-order valence-corrected chi connectivity index (χ1v) is 11.6. The molecule has 5 rings (SSSR count). The monoisotopic (exact) mass is 386 g/mol. The Hall–Kier alpha value is -1.90. The molecule has 0 N–H and O–H groups in total. The van der Waals surface area contributed by atoms with Crippen molar-refractivity contribution in [1.82, 2.24) is 9.80 Å². The molecule has 0 aromatic heterocycles. The van der Waals surface area contributed by atoms with Gasteiger partial charge in [0.1, 0.15) is 0 Å². The fourth-order valence-corrected chi connectivity index (χ4v) is 5.75. The standard InChI is InChI=1S/C27H34N2/c1-21-6-5-16-29(21)17-15-22-9-11-24(12-10-22)26-14-13-25-19-28(20-27(25)26)18-23-7-3-2-4-8-23/h2-4,7-12,14,21,25,27H,5-6,13,15-20H2,1H3/t21?,25?,27-/m0/s1. The number of likely N-dealkylation sites (tertiary alicyclic amines) is 2. The van der Waals surface area contributed by atoms with Crippen LogP contribution in [0.4, 0.5) is 0 Å². The Kier molecular flexibility index (Phi) is 5.56. The van der Waals surface area contributed by atoms with Crippen LogP contribution >= 0.6 is 0 Å². The van der Waals surface area contributed by atoms with Crippen LogP contribution < -0.4 is 0 Å². The minimum Gasteiger partial charge on any atom is -0.300 e. The summed E-state index contributed by atoms with van der Waals surface area (Å²) in [6.07, 6.45) is 7.70. The molecule has 2 heterocycles. The van der Waals surface area contributed by atoms with Crippen LogP contribution in [0.1, 0.15) is 42.9 Å². The number of hydrogen-bond donors (Lipinski definition) is 0. The van der Waals surface area contributed by atoms with E-state index in [2.05, 4.69) is 77.4 Å². The number of fused-ring (bicyclic) bond motifs is 1. The summed E-state index contributed by atoms with van der Waals surface area (Å²) in [5.41, 5.74) is 5.98. The number of rotatable bonds is 6. The maximum Gasteiger partial charge on any atom is 0.0234 e. The van der Waals surface area contributed by atoms with Gasteiger partial charge in [0.15, 0.2) is 0 Å². The second-order valence-corrected chi connectivity index (χ2v) is 9.42. The van der Waals surface area contributed by atoms with Gasteiger partial charge in [-0.05, 0) is 67.3 Å². The van der Waals surface area contributed by atoms with Crippen LogP contribution in [-0.4, -0.2) is 42.0 Å². The van der Waals surface area contributed by atoms with Crippen LogP contribution in [0.25, 0.3) is 5.57 Å². The van der Waals surface area contributed by atoms with Gasteiger partial charge in [0.05, 0.1) is 0 Å². The van der Waals surface area contributed by atoms with Crippen molar-refractivity contribution in [2.75, 3.05) is 26.2 Å². The van der Waals surface area contributed by atoms with Gasteiger partial charge in [-0.1, -0.05) is 60.7 Å². The van der Waals surface area contributed by atoms with E-state index in [1.54, 1.807) is 5.57 Å². The van der Waals surface area contributed by atoms with Crippen molar-refractivity contribution in [2.24, 2.45) is 11.8 Å². The third-order valence-electron chi connectivity index (χ3n) is 7.47. The summed E-state index contributed by atoms with van der Waals surface area (Å²) < 4.78 is 0. The summed E-state index contributed by atoms with van der Waals surface area (Å²) in [7, 11) is 0. The molecule has 0 radical (unpaired) electrons. The molecule has 2 aromatic rings. The van der Waals surface area contributed by atoms with Crippen molar-refractivity contribution in [3.8, 4) is 0 Å². The first kappa shape index (κ1) is 19.1. The van der Waals surface area contributed by atoms with Gasteiger partial charge in [-0.15, -0.1) is 0 Å². The zero-order valence-electron chi connectivity index (χ0n) is 17.8. The second-order valence-electron chi connectivity index (χ2n) is 9.42. The van der Waals surface area contributed by atoms with Crippen molar-refractivity contribution in [3.63, 3.8) is 0 Å². The third kappa shape index (κ3) is 4.20. The molecule has 2 heteroatoms. The summed E-state index contributed by atoms with van der Waals surface area (Å²) >= 11 is 0. The van der Waals surface area contributed by atoms with Crippen LogP contribution in [0.15, 0.2) is 60.7 Å². The molecule has 2 saturated heterocycles. The van der Waals surface area contributed by atoms with Gasteiger partial charge in [0.25, 0.3) is 0 Å². The summed E-state index contributed by atoms with van der Waals surface area (Å²) in [5.74, 6) is 1.53. The van der Waals surface area contributed by atoms with Gasteiger partial charge in [-0.3, -0.25) is 4.90 Å². The molecule has 3 atom stereocenters. The van der Waals surface area contributed by atoms with Gasteiger partial charge in [0, 0.05) is 38.1 Å². The summed E-state index contributed by atoms with van der Waals surface area (Å²) in [6, 6.07) is 21.2. The maximum atomic E-state index is 2.66. The lowest BCUT2D eigenvalue weighted by atomic mass is 9.90. The van der Waals surface area contributed by atoms with Crippen molar-refractivity contribution < 1.29 is 0 Å². The molecule has 1 aliphatic carbocycles. The predicted octanol–water partition coefficient (Wildman–Crippen LogP) is 5.25. The Bertz CT molecular complexity index is 839. The molecule has 3 aliphatic rings. The highest BCUT2D eigenvalue weighted by Crippen LogP contribution is 2.43. The van der Waals surface area contributed by atoms with Crippen molar-refractivity contribution in [3.05, 3.63) is 77.4 Å². The minimum absolute atomic E-state index is 0.718. The fourth-order valence-electron chi connectivity index (χ4n) is 5.75. The van der Waals surface area contributed by atoms with Gasteiger partial charge >= 0.3 is 0 Å². The van der Waals surface area contributed by atoms with Gasteiger partial charge in [-0.25, -0.2) is 0 Å². The predicted molar refractivity (Wildman–Crippen MR) is 122 cm³/mol. The summed E-state index contributed by atoms with van der Waals surface area (Å²) in [5, 5.41) is 0. The zero-order chi connectivity index (χ0) is 19.6. The highest BCUT2D eigenvalue weighted by atomic mass is 15.2. The molecular formula is C27H34N2. The van der Waals surface area contributed by atoms with E-state index in [1.165, 1.54) is 68.6 Å². The highest BCUT2D eigenvalue weighted by molar-refractivity contribution is 5.70. The fraction of sp³-hybridized carbons (Fsp3) is 0.481. The Labute approximate surface area is 176 Å². The van der Waals surface area contributed by atoms with Gasteiger partial charge in [0.2, 0.25) is 0 Å². The molecular weight excluding hydrogens is 352 g/mol. The Balaban J connectivity index is 1.19. The molecule has 2 fully saturated rings. The number of allylic oxidation sites excluding steroid dienone is 1. The van der Waals surface area contributed by atoms with Crippen molar-refractivity contribution in [1.29, 1.82) is 0 Å². The van der Waals surface area contributed by atoms with E-state index >= 15 is 0 Å². The largest absolute Gasteiger partial charge is 0.300 e. The van der Waals surface area contributed by atoms with Gasteiger partial charge < -0.3 is 4.90 Å². The van der Waals surface area contributed by atoms with E-state index in [0.29, 0.717) is 0 Å². The molecule has 2 nitrogen and oxygen atoms in total. The molecule has 0 bridgehead atoms. The Morgan fingerprint density at radius 1 is 0.931 bits per heavy atom. The summed E-state index contributed by atoms with van der Waals surface area (Å²) in [6.45, 7) is 8.42. The van der Waals surface area contributed by atoms with E-state index in [9.17, 15) is 0 Å². The molecule has 0 amide bonds. The molecule has 2 aromatic carbocycles. The first-order valence-electron chi connectivity index (χ1n) is 11.6. The first-order chi connectivity index (χ1) is 14.3. The SMILES string of the molecule is CC1CCCN1CCc1ccc(C2=CCC3CN(Cc4ccccc4)C[C@H]23)cc1. The topological polar surface area (TPSA) is 6.48 Å². The van der Waals surface area contributed by atoms with Crippen molar-refractivity contribution >= 4 is 5.57 Å². The van der Waals surface area contributed by atoms with Crippen LogP contribution in [-0.2, 0) is 13.0 Å². The van der Waals surface area contributed by atoms with Crippen LogP contribution in [0.3, 0.4) is 0 Å². The number of hydrogen-bond acceptors (Lipinski definition) is 2. The lowest BCUT2D eigenvalue weighted by Gasteiger charge is -2.21. The van der Waals surface area contributed by atoms with Crippen LogP contribution in [0.2, 0.25) is 0 Å². The highest BCUT2D eigenvalue weighted by Gasteiger charge is 2.38. The lowest BCUT2D eigenvalue weighted by Crippen LogP contribution is -2.28. The Morgan fingerprint density at radius 2 is 1.76 bits per heavy atom. The smallest absolute Gasteiger partial charge is 0.0234 e. The summed E-state index contributed by atoms with van der Waals surface area (Å²) in [4.78, 5) is 5.31. The lowest BCUT2D eigenvalue weighted by molar-refractivity contribution is 0.272. The van der Waals surface area contributed by atoms with Crippen LogP contribution in [0, 0.1) is 11.8 Å². The van der Waals surface area contributed by atoms with E-state index in [-0.39, 0.29) is 0 Å². The second kappa shape index (κ2) is 8.45. The average Bonchev–Trinajstić information content (AvgIpc) is 3.44. The van der Waals surface area contributed by atoms with Crippen LogP contribution in [0.5, 0.6) is 0 Å².